The van der Waals surface area contributed by atoms with Crippen LogP contribution >= 0.6 is 12.2 Å². The van der Waals surface area contributed by atoms with Crippen molar-refractivity contribution in [3.8, 4) is 5.75 Å². The second-order valence-corrected chi connectivity index (χ2v) is 6.08. The van der Waals surface area contributed by atoms with E-state index in [0.717, 1.165) is 17.2 Å². The Balaban J connectivity index is 1.79. The van der Waals surface area contributed by atoms with Crippen molar-refractivity contribution in [1.29, 1.82) is 0 Å². The molecule has 0 radical (unpaired) electrons. The number of furan rings is 1. The zero-order valence-corrected chi connectivity index (χ0v) is 15.1. The molecule has 2 aromatic carbocycles. The molecule has 3 aromatic rings. The zero-order valence-electron chi connectivity index (χ0n) is 14.3. The van der Waals surface area contributed by atoms with E-state index in [4.69, 9.17) is 21.4 Å². The van der Waals surface area contributed by atoms with Crippen molar-refractivity contribution in [2.24, 2.45) is 0 Å². The monoisotopic (exact) mass is 370 g/mol. The van der Waals surface area contributed by atoms with Crippen molar-refractivity contribution in [2.45, 2.75) is 13.1 Å². The Kier molecular flexibility index (Phi) is 5.86. The first-order chi connectivity index (χ1) is 12.7. The number of methoxy groups -OCH3 is 1. The van der Waals surface area contributed by atoms with Gasteiger partial charge in [0.25, 0.3) is 0 Å². The summed E-state index contributed by atoms with van der Waals surface area (Å²) in [5.41, 5.74) is 1.36. The minimum atomic E-state index is -0.263. The van der Waals surface area contributed by atoms with Crippen LogP contribution in [0.4, 0.5) is 10.1 Å². The summed E-state index contributed by atoms with van der Waals surface area (Å²) in [5, 5.41) is 3.65. The van der Waals surface area contributed by atoms with Gasteiger partial charge in [0.15, 0.2) is 5.11 Å². The molecule has 3 rings (SSSR count). The maximum Gasteiger partial charge on any atom is 0.174 e. The highest BCUT2D eigenvalue weighted by Gasteiger charge is 2.15. The summed E-state index contributed by atoms with van der Waals surface area (Å²) in [6, 6.07) is 17.8. The molecule has 0 fully saturated rings. The third kappa shape index (κ3) is 4.61. The lowest BCUT2D eigenvalue weighted by Gasteiger charge is -2.25. The Morgan fingerprint density at radius 3 is 2.69 bits per heavy atom. The Morgan fingerprint density at radius 2 is 1.96 bits per heavy atom. The molecule has 0 bridgehead atoms. The molecule has 0 aliphatic rings. The summed E-state index contributed by atoms with van der Waals surface area (Å²) in [6.45, 7) is 0.750. The predicted molar refractivity (Wildman–Crippen MR) is 104 cm³/mol. The van der Waals surface area contributed by atoms with Crippen molar-refractivity contribution in [2.75, 3.05) is 12.4 Å². The summed E-state index contributed by atoms with van der Waals surface area (Å²) in [4.78, 5) is 1.85. The second kappa shape index (κ2) is 8.49. The molecule has 0 spiro atoms. The van der Waals surface area contributed by atoms with Gasteiger partial charge in [-0.25, -0.2) is 4.39 Å². The second-order valence-electron chi connectivity index (χ2n) is 5.69. The molecule has 0 atom stereocenters. The minimum absolute atomic E-state index is 0.263. The van der Waals surface area contributed by atoms with E-state index in [-0.39, 0.29) is 5.82 Å². The summed E-state index contributed by atoms with van der Waals surface area (Å²) in [7, 11) is 1.61. The summed E-state index contributed by atoms with van der Waals surface area (Å²) in [6.07, 6.45) is 1.61. The van der Waals surface area contributed by atoms with Crippen LogP contribution in [0.5, 0.6) is 5.75 Å². The van der Waals surface area contributed by atoms with Gasteiger partial charge in [0, 0.05) is 23.9 Å². The number of nitrogens with zero attached hydrogens (tertiary/aromatic N) is 1. The van der Waals surface area contributed by atoms with Gasteiger partial charge in [-0.2, -0.15) is 0 Å². The van der Waals surface area contributed by atoms with Crippen molar-refractivity contribution in [3.63, 3.8) is 0 Å². The topological polar surface area (TPSA) is 37.6 Å². The predicted octanol–water partition coefficient (Wildman–Crippen LogP) is 4.83. The molecule has 1 N–H and O–H groups in total. The zero-order chi connectivity index (χ0) is 18.4. The Morgan fingerprint density at radius 1 is 1.12 bits per heavy atom. The molecule has 4 nitrogen and oxygen atoms in total. The number of nitrogens with one attached hydrogen (secondary N) is 1. The number of thiocarbonyl (C=S) groups is 1. The van der Waals surface area contributed by atoms with Gasteiger partial charge in [-0.3, -0.25) is 0 Å². The lowest BCUT2D eigenvalue weighted by Crippen LogP contribution is -2.34. The Hall–Kier alpha value is -2.86. The van der Waals surface area contributed by atoms with Gasteiger partial charge in [0.2, 0.25) is 0 Å². The van der Waals surface area contributed by atoms with Crippen LogP contribution in [0.25, 0.3) is 0 Å². The standard InChI is InChI=1S/C20H19FN2O2S/c1-24-17-8-4-7-16(12-17)22-20(26)23(14-18-9-5-11-25-18)13-15-6-2-3-10-19(15)21/h2-12H,13-14H2,1H3,(H,22,26). The van der Waals surface area contributed by atoms with Crippen LogP contribution in [0.15, 0.2) is 71.3 Å². The van der Waals surface area contributed by atoms with Crippen molar-refractivity contribution in [1.82, 2.24) is 4.90 Å². The molecule has 0 aliphatic carbocycles. The van der Waals surface area contributed by atoms with E-state index in [0.29, 0.717) is 23.8 Å². The number of halogens is 1. The van der Waals surface area contributed by atoms with Gasteiger partial charge in [-0.1, -0.05) is 24.3 Å². The molecule has 0 unspecified atom stereocenters. The Bertz CT molecular complexity index is 868. The minimum Gasteiger partial charge on any atom is -0.497 e. The van der Waals surface area contributed by atoms with Crippen LogP contribution in [0.2, 0.25) is 0 Å². The average Bonchev–Trinajstić information content (AvgIpc) is 3.16. The number of hydrogen-bond acceptors (Lipinski definition) is 3. The van der Waals surface area contributed by atoms with E-state index in [1.165, 1.54) is 6.07 Å². The number of benzene rings is 2. The highest BCUT2D eigenvalue weighted by atomic mass is 32.1. The van der Waals surface area contributed by atoms with Crippen molar-refractivity contribution >= 4 is 23.0 Å². The number of ether oxygens (including phenoxy) is 1. The lowest BCUT2D eigenvalue weighted by molar-refractivity contribution is 0.355. The van der Waals surface area contributed by atoms with E-state index in [9.17, 15) is 4.39 Å². The number of hydrogen-bond donors (Lipinski definition) is 1. The molecule has 1 heterocycles. The van der Waals surface area contributed by atoms with Gasteiger partial charge in [0.05, 0.1) is 19.9 Å². The van der Waals surface area contributed by atoms with Gasteiger partial charge in [0.1, 0.15) is 17.3 Å². The molecule has 26 heavy (non-hydrogen) atoms. The fraction of sp³-hybridized carbons (Fsp3) is 0.150. The van der Waals surface area contributed by atoms with Gasteiger partial charge in [-0.05, 0) is 42.5 Å². The fourth-order valence-corrected chi connectivity index (χ4v) is 2.77. The van der Waals surface area contributed by atoms with Crippen LogP contribution < -0.4 is 10.1 Å². The maximum atomic E-state index is 14.1. The molecule has 1 aromatic heterocycles. The van der Waals surface area contributed by atoms with Crippen LogP contribution in [0, 0.1) is 5.82 Å². The molecule has 0 aliphatic heterocycles. The van der Waals surface area contributed by atoms with E-state index >= 15 is 0 Å². The lowest BCUT2D eigenvalue weighted by atomic mass is 10.2. The highest BCUT2D eigenvalue weighted by Crippen LogP contribution is 2.19. The van der Waals surface area contributed by atoms with Crippen molar-refractivity contribution in [3.05, 3.63) is 84.1 Å². The quantitative estimate of drug-likeness (QED) is 0.629. The SMILES string of the molecule is COc1cccc(NC(=S)N(Cc2ccco2)Cc2ccccc2F)c1. The first-order valence-electron chi connectivity index (χ1n) is 8.11. The third-order valence-electron chi connectivity index (χ3n) is 3.85. The van der Waals surface area contributed by atoms with Crippen LogP contribution in [-0.2, 0) is 13.1 Å². The molecular formula is C20H19FN2O2S. The third-order valence-corrected chi connectivity index (χ3v) is 4.21. The summed E-state index contributed by atoms with van der Waals surface area (Å²) in [5.74, 6) is 1.21. The van der Waals surface area contributed by atoms with E-state index < -0.39 is 0 Å². The smallest absolute Gasteiger partial charge is 0.174 e. The van der Waals surface area contributed by atoms with Crippen LogP contribution in [0.3, 0.4) is 0 Å². The normalized spacial score (nSPS) is 10.4. The molecule has 6 heteroatoms. The fourth-order valence-electron chi connectivity index (χ4n) is 2.53. The van der Waals surface area contributed by atoms with Crippen LogP contribution in [-0.4, -0.2) is 17.1 Å². The molecule has 0 saturated heterocycles. The largest absolute Gasteiger partial charge is 0.497 e. The van der Waals surface area contributed by atoms with Crippen LogP contribution in [0.1, 0.15) is 11.3 Å². The van der Waals surface area contributed by atoms with Crippen molar-refractivity contribution < 1.29 is 13.5 Å². The molecule has 0 saturated carbocycles. The van der Waals surface area contributed by atoms with Gasteiger partial charge in [-0.15, -0.1) is 0 Å². The maximum absolute atomic E-state index is 14.1. The molecular weight excluding hydrogens is 351 g/mol. The summed E-state index contributed by atoms with van der Waals surface area (Å²) < 4.78 is 24.7. The number of rotatable bonds is 6. The first-order valence-corrected chi connectivity index (χ1v) is 8.52. The van der Waals surface area contributed by atoms with Gasteiger partial charge >= 0.3 is 0 Å². The highest BCUT2D eigenvalue weighted by molar-refractivity contribution is 7.80. The number of anilines is 1. The van der Waals surface area contributed by atoms with E-state index in [2.05, 4.69) is 5.32 Å². The van der Waals surface area contributed by atoms with E-state index in [1.54, 1.807) is 25.5 Å². The Labute approximate surface area is 157 Å². The van der Waals surface area contributed by atoms with E-state index in [1.807, 2.05) is 47.4 Å². The summed E-state index contributed by atoms with van der Waals surface area (Å²) >= 11 is 5.56. The average molecular weight is 370 g/mol. The molecule has 134 valence electrons. The van der Waals surface area contributed by atoms with Gasteiger partial charge < -0.3 is 19.4 Å². The molecule has 0 amide bonds. The first kappa shape index (κ1) is 17.9.